The fourth-order valence-corrected chi connectivity index (χ4v) is 2.35. The van der Waals surface area contributed by atoms with Crippen molar-refractivity contribution in [2.45, 2.75) is 51.0 Å². The summed E-state index contributed by atoms with van der Waals surface area (Å²) >= 11 is 0. The van der Waals surface area contributed by atoms with Gasteiger partial charge in [0.05, 0.1) is 6.61 Å². The molecule has 2 aliphatic rings. The van der Waals surface area contributed by atoms with Crippen LogP contribution in [0.25, 0.3) is 0 Å². The van der Waals surface area contributed by atoms with Crippen LogP contribution in [0, 0.1) is 0 Å². The molecule has 0 aliphatic carbocycles. The summed E-state index contributed by atoms with van der Waals surface area (Å²) in [5, 5.41) is 3.46. The molecule has 0 aromatic carbocycles. The molecule has 90 valence electrons. The third-order valence-corrected chi connectivity index (χ3v) is 3.34. The molecule has 1 atom stereocenters. The lowest BCUT2D eigenvalue weighted by Gasteiger charge is -2.23. The predicted octanol–water partition coefficient (Wildman–Crippen LogP) is 2.17. The zero-order chi connectivity index (χ0) is 11.2. The second-order valence-corrected chi connectivity index (χ2v) is 4.67. The van der Waals surface area contributed by atoms with E-state index >= 15 is 0 Å². The monoisotopic (exact) mass is 223 g/mol. The van der Waals surface area contributed by atoms with Gasteiger partial charge in [0.25, 0.3) is 0 Å². The highest BCUT2D eigenvalue weighted by molar-refractivity contribution is 5.93. The molecule has 0 radical (unpaired) electrons. The van der Waals surface area contributed by atoms with Crippen molar-refractivity contribution in [3.63, 3.8) is 0 Å². The van der Waals surface area contributed by atoms with Gasteiger partial charge in [-0.2, -0.15) is 0 Å². The third-order valence-electron chi connectivity index (χ3n) is 3.34. The predicted molar refractivity (Wildman–Crippen MR) is 63.2 cm³/mol. The summed E-state index contributed by atoms with van der Waals surface area (Å²) in [5.41, 5.74) is 0. The Kier molecular flexibility index (Phi) is 4.40. The van der Waals surface area contributed by atoms with Gasteiger partial charge in [0, 0.05) is 12.5 Å². The zero-order valence-electron chi connectivity index (χ0n) is 9.84. The Morgan fingerprint density at radius 3 is 3.06 bits per heavy atom. The summed E-state index contributed by atoms with van der Waals surface area (Å²) < 4.78 is 5.37. The van der Waals surface area contributed by atoms with Crippen molar-refractivity contribution in [2.75, 3.05) is 13.2 Å². The van der Waals surface area contributed by atoms with Gasteiger partial charge in [0.2, 0.25) is 0 Å². The summed E-state index contributed by atoms with van der Waals surface area (Å²) in [6.45, 7) is 1.82. The van der Waals surface area contributed by atoms with Crippen LogP contribution in [0.2, 0.25) is 0 Å². The highest BCUT2D eigenvalue weighted by Crippen LogP contribution is 2.16. The van der Waals surface area contributed by atoms with Crippen LogP contribution in [0.5, 0.6) is 0 Å². The van der Waals surface area contributed by atoms with Gasteiger partial charge in [-0.05, 0) is 44.7 Å². The van der Waals surface area contributed by atoms with Gasteiger partial charge in [-0.15, -0.1) is 0 Å². The number of hydrogen-bond acceptors (Lipinski definition) is 3. The van der Waals surface area contributed by atoms with Gasteiger partial charge in [0.1, 0.15) is 0 Å². The van der Waals surface area contributed by atoms with E-state index in [-0.39, 0.29) is 5.78 Å². The number of hydrogen-bond donors (Lipinski definition) is 1. The van der Waals surface area contributed by atoms with Crippen molar-refractivity contribution in [1.29, 1.82) is 0 Å². The summed E-state index contributed by atoms with van der Waals surface area (Å²) in [6.07, 6.45) is 9.35. The first-order chi connectivity index (χ1) is 7.86. The van der Waals surface area contributed by atoms with Crippen LogP contribution in [-0.2, 0) is 9.53 Å². The fraction of sp³-hybridized carbons (Fsp3) is 0.769. The Hall–Kier alpha value is -0.830. The third kappa shape index (κ3) is 3.34. The largest absolute Gasteiger partial charge is 0.490 e. The summed E-state index contributed by atoms with van der Waals surface area (Å²) in [4.78, 5) is 11.8. The first-order valence-corrected chi connectivity index (χ1v) is 6.46. The van der Waals surface area contributed by atoms with E-state index in [4.69, 9.17) is 4.74 Å². The summed E-state index contributed by atoms with van der Waals surface area (Å²) in [5.74, 6) is 0.800. The van der Waals surface area contributed by atoms with E-state index in [1.54, 1.807) is 0 Å². The standard InChI is InChI=1S/C13H21NO2/c15-12(13-6-2-4-10-16-13)8-7-11-5-1-3-9-14-11/h6,11,14H,1-5,7-10H2. The van der Waals surface area contributed by atoms with Crippen molar-refractivity contribution in [3.8, 4) is 0 Å². The molecule has 16 heavy (non-hydrogen) atoms. The van der Waals surface area contributed by atoms with Gasteiger partial charge in [-0.25, -0.2) is 0 Å². The molecule has 1 unspecified atom stereocenters. The molecule has 2 heterocycles. The quantitative estimate of drug-likeness (QED) is 0.793. The maximum Gasteiger partial charge on any atom is 0.197 e. The molecule has 2 aliphatic heterocycles. The Bertz CT molecular complexity index is 267. The number of piperidine rings is 1. The van der Waals surface area contributed by atoms with Crippen molar-refractivity contribution in [3.05, 3.63) is 11.8 Å². The van der Waals surface area contributed by atoms with E-state index in [2.05, 4.69) is 5.32 Å². The van der Waals surface area contributed by atoms with E-state index in [1.165, 1.54) is 19.3 Å². The van der Waals surface area contributed by atoms with E-state index in [9.17, 15) is 4.79 Å². The second-order valence-electron chi connectivity index (χ2n) is 4.67. The van der Waals surface area contributed by atoms with Gasteiger partial charge < -0.3 is 10.1 Å². The number of nitrogens with one attached hydrogen (secondary N) is 1. The SMILES string of the molecule is O=C(CCC1CCCCN1)C1=CCCCO1. The van der Waals surface area contributed by atoms with Crippen molar-refractivity contribution < 1.29 is 9.53 Å². The second kappa shape index (κ2) is 6.04. The average Bonchev–Trinajstić information content (AvgIpc) is 2.38. The average molecular weight is 223 g/mol. The van der Waals surface area contributed by atoms with E-state index in [0.29, 0.717) is 24.8 Å². The Morgan fingerprint density at radius 2 is 2.38 bits per heavy atom. The molecule has 0 spiro atoms. The number of Topliss-reactive ketones (excluding diaryl/α,β-unsaturated/α-hetero) is 1. The molecule has 0 aromatic heterocycles. The normalized spacial score (nSPS) is 25.8. The number of carbonyl (C=O) groups is 1. The van der Waals surface area contributed by atoms with Gasteiger partial charge in [-0.1, -0.05) is 6.42 Å². The molecular formula is C13H21NO2. The smallest absolute Gasteiger partial charge is 0.197 e. The molecule has 0 aromatic rings. The van der Waals surface area contributed by atoms with Crippen molar-refractivity contribution >= 4 is 5.78 Å². The summed E-state index contributed by atoms with van der Waals surface area (Å²) in [6, 6.07) is 0.543. The Labute approximate surface area is 97.2 Å². The first kappa shape index (κ1) is 11.6. The molecule has 1 N–H and O–H groups in total. The molecule has 3 nitrogen and oxygen atoms in total. The molecule has 0 bridgehead atoms. The lowest BCUT2D eigenvalue weighted by atomic mass is 9.98. The lowest BCUT2D eigenvalue weighted by molar-refractivity contribution is -0.119. The Morgan fingerprint density at radius 1 is 1.44 bits per heavy atom. The number of carbonyl (C=O) groups excluding carboxylic acids is 1. The van der Waals surface area contributed by atoms with E-state index in [0.717, 1.165) is 25.8 Å². The van der Waals surface area contributed by atoms with Gasteiger partial charge in [-0.3, -0.25) is 4.79 Å². The maximum absolute atomic E-state index is 11.8. The molecule has 0 saturated carbocycles. The first-order valence-electron chi connectivity index (χ1n) is 6.46. The van der Waals surface area contributed by atoms with Crippen LogP contribution >= 0.6 is 0 Å². The number of allylic oxidation sites excluding steroid dienone is 2. The van der Waals surface area contributed by atoms with Crippen LogP contribution in [0.4, 0.5) is 0 Å². The minimum absolute atomic E-state index is 0.187. The minimum Gasteiger partial charge on any atom is -0.490 e. The maximum atomic E-state index is 11.8. The molecule has 0 amide bonds. The fourth-order valence-electron chi connectivity index (χ4n) is 2.35. The number of ketones is 1. The van der Waals surface area contributed by atoms with E-state index in [1.807, 2.05) is 6.08 Å². The molecule has 3 heteroatoms. The van der Waals surface area contributed by atoms with E-state index < -0.39 is 0 Å². The van der Waals surface area contributed by atoms with Gasteiger partial charge in [0.15, 0.2) is 11.5 Å². The molecule has 2 rings (SSSR count). The molecule has 1 fully saturated rings. The van der Waals surface area contributed by atoms with Crippen LogP contribution in [-0.4, -0.2) is 25.0 Å². The molecule has 1 saturated heterocycles. The lowest BCUT2D eigenvalue weighted by Crippen LogP contribution is -2.34. The zero-order valence-corrected chi connectivity index (χ0v) is 9.84. The Balaban J connectivity index is 1.72. The summed E-state index contributed by atoms with van der Waals surface area (Å²) in [7, 11) is 0. The van der Waals surface area contributed by atoms with Crippen molar-refractivity contribution in [2.24, 2.45) is 0 Å². The van der Waals surface area contributed by atoms with Crippen molar-refractivity contribution in [1.82, 2.24) is 5.32 Å². The highest BCUT2D eigenvalue weighted by atomic mass is 16.5. The van der Waals surface area contributed by atoms with Crippen LogP contribution in [0.15, 0.2) is 11.8 Å². The topological polar surface area (TPSA) is 38.3 Å². The number of rotatable bonds is 4. The van der Waals surface area contributed by atoms with Crippen LogP contribution < -0.4 is 5.32 Å². The highest BCUT2D eigenvalue weighted by Gasteiger charge is 2.17. The number of ether oxygens (including phenoxy) is 1. The van der Waals surface area contributed by atoms with Crippen LogP contribution in [0.3, 0.4) is 0 Å². The minimum atomic E-state index is 0.187. The van der Waals surface area contributed by atoms with Crippen LogP contribution in [0.1, 0.15) is 44.9 Å². The van der Waals surface area contributed by atoms with Gasteiger partial charge >= 0.3 is 0 Å². The molecular weight excluding hydrogens is 202 g/mol.